The minimum Gasteiger partial charge on any atom is -0.385 e. The monoisotopic (exact) mass is 361 g/mol. The maximum atomic E-state index is 12.3. The number of carbonyl (C=O) groups excluding carboxylic acids is 1. The molecular weight excluding hydrogens is 338 g/mol. The van der Waals surface area contributed by atoms with Gasteiger partial charge in [-0.15, -0.1) is 0 Å². The number of nitrogens with two attached hydrogens (primary N) is 2. The SMILES string of the molecule is COCCCN(CC(N)=O)c1c(N)n(Cc2ccccc2)c(=O)[nH]c1=O. The Labute approximate surface area is 150 Å². The molecule has 9 nitrogen and oxygen atoms in total. The third-order valence-electron chi connectivity index (χ3n) is 3.84. The number of aromatic amines is 1. The minimum atomic E-state index is -0.657. The number of hydrogen-bond donors (Lipinski definition) is 3. The summed E-state index contributed by atoms with van der Waals surface area (Å²) >= 11 is 0. The first-order valence-corrected chi connectivity index (χ1v) is 8.12. The highest BCUT2D eigenvalue weighted by Gasteiger charge is 2.20. The van der Waals surface area contributed by atoms with Crippen molar-refractivity contribution in [3.05, 3.63) is 56.7 Å². The zero-order valence-corrected chi connectivity index (χ0v) is 14.6. The lowest BCUT2D eigenvalue weighted by Crippen LogP contribution is -2.42. The number of anilines is 2. The van der Waals surface area contributed by atoms with Crippen molar-refractivity contribution in [1.29, 1.82) is 0 Å². The number of ether oxygens (including phenoxy) is 1. The summed E-state index contributed by atoms with van der Waals surface area (Å²) in [5, 5.41) is 0. The van der Waals surface area contributed by atoms with Crippen LogP contribution >= 0.6 is 0 Å². The molecule has 0 aliphatic carbocycles. The number of rotatable bonds is 9. The third-order valence-corrected chi connectivity index (χ3v) is 3.84. The molecule has 1 aromatic heterocycles. The largest absolute Gasteiger partial charge is 0.385 e. The van der Waals surface area contributed by atoms with E-state index in [1.54, 1.807) is 7.11 Å². The second-order valence-electron chi connectivity index (χ2n) is 5.80. The molecule has 0 fully saturated rings. The first-order chi connectivity index (χ1) is 12.4. The molecule has 0 aliphatic heterocycles. The fraction of sp³-hybridized carbons (Fsp3) is 0.353. The molecule has 0 atom stereocenters. The lowest BCUT2D eigenvalue weighted by atomic mass is 10.2. The van der Waals surface area contributed by atoms with Gasteiger partial charge in [-0.3, -0.25) is 19.1 Å². The third kappa shape index (κ3) is 4.73. The molecule has 9 heteroatoms. The Bertz CT molecular complexity index is 860. The summed E-state index contributed by atoms with van der Waals surface area (Å²) in [5.74, 6) is -0.622. The number of nitrogens with zero attached hydrogens (tertiary/aromatic N) is 2. The Balaban J connectivity index is 2.45. The van der Waals surface area contributed by atoms with Gasteiger partial charge in [-0.1, -0.05) is 30.3 Å². The molecular formula is C17H23N5O4. The molecule has 0 radical (unpaired) electrons. The molecule has 2 rings (SSSR count). The number of benzene rings is 1. The number of methoxy groups -OCH3 is 1. The van der Waals surface area contributed by atoms with E-state index in [9.17, 15) is 14.4 Å². The number of hydrogen-bond acceptors (Lipinski definition) is 6. The van der Waals surface area contributed by atoms with Crippen LogP contribution in [-0.4, -0.2) is 42.3 Å². The molecule has 0 bridgehead atoms. The van der Waals surface area contributed by atoms with Crippen molar-refractivity contribution in [3.63, 3.8) is 0 Å². The Kier molecular flexibility index (Phi) is 6.56. The average Bonchev–Trinajstić information content (AvgIpc) is 2.59. The molecule has 140 valence electrons. The number of aromatic nitrogens is 2. The van der Waals surface area contributed by atoms with E-state index in [0.717, 1.165) is 5.56 Å². The average molecular weight is 361 g/mol. The number of nitrogen functional groups attached to an aromatic ring is 1. The first-order valence-electron chi connectivity index (χ1n) is 8.12. The molecule has 0 saturated carbocycles. The van der Waals surface area contributed by atoms with Crippen LogP contribution in [0.3, 0.4) is 0 Å². The van der Waals surface area contributed by atoms with Crippen molar-refractivity contribution < 1.29 is 9.53 Å². The highest BCUT2D eigenvalue weighted by molar-refractivity contribution is 5.80. The molecule has 2 aromatic rings. The van der Waals surface area contributed by atoms with Crippen molar-refractivity contribution in [2.45, 2.75) is 13.0 Å². The predicted molar refractivity (Wildman–Crippen MR) is 99.2 cm³/mol. The molecule has 26 heavy (non-hydrogen) atoms. The number of amides is 1. The highest BCUT2D eigenvalue weighted by atomic mass is 16.5. The Hall–Kier alpha value is -3.07. The van der Waals surface area contributed by atoms with Gasteiger partial charge >= 0.3 is 5.69 Å². The van der Waals surface area contributed by atoms with E-state index in [-0.39, 0.29) is 24.6 Å². The van der Waals surface area contributed by atoms with Gasteiger partial charge in [-0.2, -0.15) is 0 Å². The Morgan fingerprint density at radius 1 is 1.27 bits per heavy atom. The van der Waals surface area contributed by atoms with Crippen LogP contribution < -0.4 is 27.6 Å². The normalized spacial score (nSPS) is 10.7. The van der Waals surface area contributed by atoms with Crippen LogP contribution in [0.15, 0.2) is 39.9 Å². The van der Waals surface area contributed by atoms with Crippen LogP contribution in [0.2, 0.25) is 0 Å². The molecule has 5 N–H and O–H groups in total. The highest BCUT2D eigenvalue weighted by Crippen LogP contribution is 2.17. The molecule has 1 heterocycles. The van der Waals surface area contributed by atoms with Crippen molar-refractivity contribution in [3.8, 4) is 0 Å². The van der Waals surface area contributed by atoms with Crippen LogP contribution in [0.25, 0.3) is 0 Å². The van der Waals surface area contributed by atoms with E-state index in [2.05, 4.69) is 4.98 Å². The number of nitrogens with one attached hydrogen (secondary N) is 1. The van der Waals surface area contributed by atoms with E-state index in [1.807, 2.05) is 30.3 Å². The van der Waals surface area contributed by atoms with Gasteiger partial charge in [0.1, 0.15) is 11.5 Å². The van der Waals surface area contributed by atoms with Gasteiger partial charge in [-0.25, -0.2) is 4.79 Å². The standard InChI is InChI=1S/C17H23N5O4/c1-26-9-5-8-21(11-13(18)23)14-15(19)22(17(25)20-16(14)24)10-12-6-3-2-4-7-12/h2-4,6-7H,5,8-11,19H2,1H3,(H2,18,23)(H,20,24,25). The summed E-state index contributed by atoms with van der Waals surface area (Å²) in [4.78, 5) is 39.7. The van der Waals surface area contributed by atoms with Crippen molar-refractivity contribution in [2.24, 2.45) is 5.73 Å². The van der Waals surface area contributed by atoms with Crippen LogP contribution in [0.5, 0.6) is 0 Å². The number of H-pyrrole nitrogens is 1. The minimum absolute atomic E-state index is 0.0127. The fourth-order valence-electron chi connectivity index (χ4n) is 2.66. The summed E-state index contributed by atoms with van der Waals surface area (Å²) in [6.07, 6.45) is 0.556. The van der Waals surface area contributed by atoms with Gasteiger partial charge in [-0.05, 0) is 12.0 Å². The van der Waals surface area contributed by atoms with Crippen molar-refractivity contribution in [1.82, 2.24) is 9.55 Å². The summed E-state index contributed by atoms with van der Waals surface area (Å²) < 4.78 is 6.26. The smallest absolute Gasteiger partial charge is 0.330 e. The van der Waals surface area contributed by atoms with Crippen LogP contribution in [-0.2, 0) is 16.1 Å². The summed E-state index contributed by atoms with van der Waals surface area (Å²) in [5.41, 5.74) is 11.1. The quantitative estimate of drug-likeness (QED) is 0.515. The summed E-state index contributed by atoms with van der Waals surface area (Å²) in [7, 11) is 1.56. The lowest BCUT2D eigenvalue weighted by molar-refractivity contribution is -0.116. The first kappa shape index (κ1) is 19.3. The Morgan fingerprint density at radius 2 is 1.96 bits per heavy atom. The molecule has 1 amide bonds. The van der Waals surface area contributed by atoms with E-state index < -0.39 is 17.2 Å². The van der Waals surface area contributed by atoms with Gasteiger partial charge < -0.3 is 21.1 Å². The number of primary amides is 1. The van der Waals surface area contributed by atoms with Crippen molar-refractivity contribution >= 4 is 17.4 Å². The van der Waals surface area contributed by atoms with E-state index in [4.69, 9.17) is 16.2 Å². The van der Waals surface area contributed by atoms with Gasteiger partial charge in [0.15, 0.2) is 0 Å². The molecule has 0 saturated heterocycles. The molecule has 0 aliphatic rings. The fourth-order valence-corrected chi connectivity index (χ4v) is 2.66. The second-order valence-corrected chi connectivity index (χ2v) is 5.80. The van der Waals surface area contributed by atoms with Crippen molar-refractivity contribution in [2.75, 3.05) is 37.4 Å². The zero-order valence-electron chi connectivity index (χ0n) is 14.6. The van der Waals surface area contributed by atoms with Crippen LogP contribution in [0.1, 0.15) is 12.0 Å². The zero-order chi connectivity index (χ0) is 19.1. The maximum Gasteiger partial charge on any atom is 0.330 e. The summed E-state index contributed by atoms with van der Waals surface area (Å²) in [6.45, 7) is 0.766. The van der Waals surface area contributed by atoms with Gasteiger partial charge in [0.2, 0.25) is 5.91 Å². The van der Waals surface area contributed by atoms with E-state index in [1.165, 1.54) is 9.47 Å². The van der Waals surface area contributed by atoms with E-state index in [0.29, 0.717) is 19.6 Å². The topological polar surface area (TPSA) is 136 Å². The van der Waals surface area contributed by atoms with Gasteiger partial charge in [0.05, 0.1) is 13.1 Å². The Morgan fingerprint density at radius 3 is 2.58 bits per heavy atom. The van der Waals surface area contributed by atoms with Gasteiger partial charge in [0.25, 0.3) is 5.56 Å². The molecule has 0 unspecified atom stereocenters. The number of carbonyl (C=O) groups is 1. The maximum absolute atomic E-state index is 12.3. The molecule has 0 spiro atoms. The van der Waals surface area contributed by atoms with Crippen LogP contribution in [0.4, 0.5) is 11.5 Å². The van der Waals surface area contributed by atoms with E-state index >= 15 is 0 Å². The van der Waals surface area contributed by atoms with Gasteiger partial charge in [0, 0.05) is 20.3 Å². The summed E-state index contributed by atoms with van der Waals surface area (Å²) in [6, 6.07) is 9.23. The predicted octanol–water partition coefficient (Wildman–Crippen LogP) is -0.505. The molecule has 1 aromatic carbocycles. The second kappa shape index (κ2) is 8.86. The van der Waals surface area contributed by atoms with Crippen LogP contribution in [0, 0.1) is 0 Å². The lowest BCUT2D eigenvalue weighted by Gasteiger charge is -2.25.